The Kier molecular flexibility index (Phi) is 4.20. The van der Waals surface area contributed by atoms with Crippen LogP contribution in [-0.2, 0) is 14.9 Å². The largest absolute Gasteiger partial charge is 0.465 e. The van der Waals surface area contributed by atoms with E-state index < -0.39 is 5.41 Å². The molecule has 0 radical (unpaired) electrons. The number of nitrogens with zero attached hydrogens (tertiary/aromatic N) is 2. The minimum atomic E-state index is -0.672. The summed E-state index contributed by atoms with van der Waals surface area (Å²) in [4.78, 5) is 11.8. The first-order valence-corrected chi connectivity index (χ1v) is 5.41. The van der Waals surface area contributed by atoms with E-state index in [-0.39, 0.29) is 5.97 Å². The molecule has 0 bridgehead atoms. The highest BCUT2D eigenvalue weighted by molar-refractivity contribution is 5.82. The van der Waals surface area contributed by atoms with Crippen molar-refractivity contribution >= 4 is 11.7 Å². The molecule has 0 aliphatic carbocycles. The lowest BCUT2D eigenvalue weighted by molar-refractivity contribution is -0.148. The Balaban J connectivity index is 2.95. The van der Waals surface area contributed by atoms with Gasteiger partial charge in [-0.05, 0) is 38.5 Å². The molecule has 0 aliphatic rings. The van der Waals surface area contributed by atoms with Crippen LogP contribution in [0.4, 0.5) is 5.69 Å². The summed E-state index contributed by atoms with van der Waals surface area (Å²) < 4.78 is 5.04. The number of carbonyl (C=O) groups is 1. The SMILES string of the molecule is CCOC(=O)C(C)(C)c1ccc(N=NN)cc1. The molecule has 0 amide bonds. The zero-order valence-corrected chi connectivity index (χ0v) is 10.3. The fourth-order valence-electron chi connectivity index (χ4n) is 1.44. The van der Waals surface area contributed by atoms with Gasteiger partial charge in [0.2, 0.25) is 0 Å². The fourth-order valence-corrected chi connectivity index (χ4v) is 1.44. The maximum Gasteiger partial charge on any atom is 0.315 e. The van der Waals surface area contributed by atoms with Crippen molar-refractivity contribution in [3.8, 4) is 0 Å². The average Bonchev–Trinajstić information content (AvgIpc) is 2.30. The van der Waals surface area contributed by atoms with Gasteiger partial charge in [-0.15, -0.1) is 5.11 Å². The van der Waals surface area contributed by atoms with Crippen molar-refractivity contribution in [2.75, 3.05) is 6.61 Å². The van der Waals surface area contributed by atoms with Gasteiger partial charge in [0.15, 0.2) is 0 Å². The normalized spacial score (nSPS) is 11.7. The van der Waals surface area contributed by atoms with Crippen molar-refractivity contribution in [3.63, 3.8) is 0 Å². The molecule has 0 heterocycles. The molecule has 0 saturated carbocycles. The van der Waals surface area contributed by atoms with E-state index in [0.717, 1.165) is 5.56 Å². The zero-order valence-electron chi connectivity index (χ0n) is 10.3. The lowest BCUT2D eigenvalue weighted by Crippen LogP contribution is -2.30. The number of rotatable bonds is 4. The number of ether oxygens (including phenoxy) is 1. The molecule has 1 rings (SSSR count). The van der Waals surface area contributed by atoms with Gasteiger partial charge in [0.25, 0.3) is 0 Å². The van der Waals surface area contributed by atoms with Crippen molar-refractivity contribution in [2.24, 2.45) is 16.2 Å². The van der Waals surface area contributed by atoms with Gasteiger partial charge in [0.05, 0.1) is 17.7 Å². The van der Waals surface area contributed by atoms with Crippen molar-refractivity contribution in [3.05, 3.63) is 29.8 Å². The number of hydrogen-bond donors (Lipinski definition) is 1. The summed E-state index contributed by atoms with van der Waals surface area (Å²) in [5, 5.41) is 6.89. The van der Waals surface area contributed by atoms with Crippen LogP contribution < -0.4 is 5.84 Å². The number of nitrogens with two attached hydrogens (primary N) is 1. The summed E-state index contributed by atoms with van der Waals surface area (Å²) in [6.07, 6.45) is 0. The third-order valence-electron chi connectivity index (χ3n) is 2.55. The lowest BCUT2D eigenvalue weighted by Gasteiger charge is -2.22. The van der Waals surface area contributed by atoms with E-state index in [9.17, 15) is 4.79 Å². The van der Waals surface area contributed by atoms with E-state index >= 15 is 0 Å². The first-order valence-electron chi connectivity index (χ1n) is 5.41. The third-order valence-corrected chi connectivity index (χ3v) is 2.55. The van der Waals surface area contributed by atoms with Crippen LogP contribution in [0.15, 0.2) is 34.6 Å². The molecule has 0 spiro atoms. The summed E-state index contributed by atoms with van der Waals surface area (Å²) in [5.74, 6) is 4.71. The Morgan fingerprint density at radius 1 is 1.35 bits per heavy atom. The summed E-state index contributed by atoms with van der Waals surface area (Å²) in [7, 11) is 0. The van der Waals surface area contributed by atoms with Gasteiger partial charge in [-0.3, -0.25) is 4.79 Å². The molecule has 0 aliphatic heterocycles. The van der Waals surface area contributed by atoms with Crippen LogP contribution in [0.1, 0.15) is 26.3 Å². The standard InChI is InChI=1S/C12H17N3O2/c1-4-17-11(16)12(2,3)9-5-7-10(8-6-9)14-15-13/h5-8H,4H2,1-3H3,(H2,13,14). The Morgan fingerprint density at radius 3 is 2.41 bits per heavy atom. The molecule has 5 nitrogen and oxygen atoms in total. The molecule has 0 fully saturated rings. The van der Waals surface area contributed by atoms with E-state index in [1.165, 1.54) is 0 Å². The molecule has 5 heteroatoms. The van der Waals surface area contributed by atoms with Gasteiger partial charge in [-0.2, -0.15) is 0 Å². The molecular weight excluding hydrogens is 218 g/mol. The number of hydrogen-bond acceptors (Lipinski definition) is 4. The molecule has 17 heavy (non-hydrogen) atoms. The van der Waals surface area contributed by atoms with Crippen LogP contribution >= 0.6 is 0 Å². The van der Waals surface area contributed by atoms with Gasteiger partial charge < -0.3 is 10.6 Å². The zero-order chi connectivity index (χ0) is 12.9. The number of carbonyl (C=O) groups excluding carboxylic acids is 1. The molecule has 1 aromatic rings. The predicted octanol–water partition coefficient (Wildman–Crippen LogP) is 2.48. The molecule has 0 unspecified atom stereocenters. The molecule has 0 saturated heterocycles. The average molecular weight is 235 g/mol. The molecule has 1 aromatic carbocycles. The summed E-state index contributed by atoms with van der Waals surface area (Å²) in [6.45, 7) is 5.81. The highest BCUT2D eigenvalue weighted by Crippen LogP contribution is 2.26. The minimum absolute atomic E-state index is 0.242. The van der Waals surface area contributed by atoms with Gasteiger partial charge in [-0.1, -0.05) is 17.4 Å². The van der Waals surface area contributed by atoms with Crippen LogP contribution in [0.3, 0.4) is 0 Å². The lowest BCUT2D eigenvalue weighted by atomic mass is 9.85. The molecular formula is C12H17N3O2. The van der Waals surface area contributed by atoms with Crippen LogP contribution in [-0.4, -0.2) is 12.6 Å². The highest BCUT2D eigenvalue weighted by Gasteiger charge is 2.31. The van der Waals surface area contributed by atoms with Crippen molar-refractivity contribution in [1.29, 1.82) is 0 Å². The van der Waals surface area contributed by atoms with E-state index in [1.807, 2.05) is 26.0 Å². The number of benzene rings is 1. The quantitative estimate of drug-likeness (QED) is 0.377. The fraction of sp³-hybridized carbons (Fsp3) is 0.417. The van der Waals surface area contributed by atoms with Gasteiger partial charge >= 0.3 is 5.97 Å². The Labute approximate surface area is 101 Å². The second-order valence-corrected chi connectivity index (χ2v) is 4.11. The first-order chi connectivity index (χ1) is 8.02. The smallest absolute Gasteiger partial charge is 0.315 e. The minimum Gasteiger partial charge on any atom is -0.465 e. The predicted molar refractivity (Wildman–Crippen MR) is 64.8 cm³/mol. The van der Waals surface area contributed by atoms with Crippen LogP contribution in [0.2, 0.25) is 0 Å². The van der Waals surface area contributed by atoms with Gasteiger partial charge in [0.1, 0.15) is 0 Å². The van der Waals surface area contributed by atoms with Gasteiger partial charge in [0, 0.05) is 0 Å². The second kappa shape index (κ2) is 5.43. The summed E-state index contributed by atoms with van der Waals surface area (Å²) >= 11 is 0. The highest BCUT2D eigenvalue weighted by atomic mass is 16.5. The maximum absolute atomic E-state index is 11.8. The van der Waals surface area contributed by atoms with Crippen molar-refractivity contribution < 1.29 is 9.53 Å². The molecule has 0 atom stereocenters. The van der Waals surface area contributed by atoms with Crippen LogP contribution in [0.5, 0.6) is 0 Å². The summed E-state index contributed by atoms with van der Waals surface area (Å²) in [5.41, 5.74) is 0.844. The van der Waals surface area contributed by atoms with Crippen LogP contribution in [0, 0.1) is 0 Å². The Morgan fingerprint density at radius 2 is 1.94 bits per heavy atom. The van der Waals surface area contributed by atoms with E-state index in [4.69, 9.17) is 10.6 Å². The molecule has 92 valence electrons. The molecule has 2 N–H and O–H groups in total. The Hall–Kier alpha value is -1.91. The third kappa shape index (κ3) is 3.03. The van der Waals surface area contributed by atoms with Crippen LogP contribution in [0.25, 0.3) is 0 Å². The first kappa shape index (κ1) is 13.2. The topological polar surface area (TPSA) is 77.0 Å². The van der Waals surface area contributed by atoms with Crippen molar-refractivity contribution in [1.82, 2.24) is 0 Å². The molecule has 0 aromatic heterocycles. The van der Waals surface area contributed by atoms with E-state index in [2.05, 4.69) is 10.3 Å². The van der Waals surface area contributed by atoms with Crippen molar-refractivity contribution in [2.45, 2.75) is 26.2 Å². The maximum atomic E-state index is 11.8. The number of esters is 1. The Bertz CT molecular complexity index is 410. The second-order valence-electron chi connectivity index (χ2n) is 4.11. The monoisotopic (exact) mass is 235 g/mol. The van der Waals surface area contributed by atoms with E-state index in [0.29, 0.717) is 12.3 Å². The van der Waals surface area contributed by atoms with Gasteiger partial charge in [-0.25, -0.2) is 0 Å². The summed E-state index contributed by atoms with van der Waals surface area (Å²) in [6, 6.07) is 7.15. The van der Waals surface area contributed by atoms with E-state index in [1.54, 1.807) is 19.1 Å².